The topological polar surface area (TPSA) is 0 Å². The van der Waals surface area contributed by atoms with Crippen LogP contribution in [0.25, 0.3) is 0 Å². The number of rotatable bonds is 6. The van der Waals surface area contributed by atoms with E-state index in [1.807, 2.05) is 0 Å². The van der Waals surface area contributed by atoms with E-state index >= 15 is 0 Å². The molecule has 0 bridgehead atoms. The van der Waals surface area contributed by atoms with Crippen molar-refractivity contribution >= 4 is 51.4 Å². The van der Waals surface area contributed by atoms with E-state index in [0.717, 1.165) is 6.42 Å². The Labute approximate surface area is 109 Å². The van der Waals surface area contributed by atoms with E-state index in [-0.39, 0.29) is 51.4 Å². The molecule has 1 radical (unpaired) electrons. The molecule has 0 atom stereocenters. The van der Waals surface area contributed by atoms with Crippen LogP contribution in [0.15, 0.2) is 0 Å². The Morgan fingerprint density at radius 1 is 0.900 bits per heavy atom. The summed E-state index contributed by atoms with van der Waals surface area (Å²) < 4.78 is 0. The van der Waals surface area contributed by atoms with E-state index < -0.39 is 0 Å². The molecule has 0 N–H and O–H groups in total. The van der Waals surface area contributed by atoms with Gasteiger partial charge in [0.25, 0.3) is 0 Å². The third-order valence-electron chi connectivity index (χ3n) is 1.60. The maximum absolute atomic E-state index is 3.80. The van der Waals surface area contributed by atoms with Gasteiger partial charge in [0.15, 0.2) is 0 Å². The monoisotopic (exact) mass is 167 g/mol. The summed E-state index contributed by atoms with van der Waals surface area (Å²) in [6, 6.07) is 0. The van der Waals surface area contributed by atoms with Crippen molar-refractivity contribution in [1.82, 2.24) is 0 Å². The molecule has 0 nitrogen and oxygen atoms in total. The van der Waals surface area contributed by atoms with Crippen molar-refractivity contribution in [1.29, 1.82) is 0 Å². The molecule has 0 aliphatic rings. The van der Waals surface area contributed by atoms with Gasteiger partial charge in [0.2, 0.25) is 0 Å². The van der Waals surface area contributed by atoms with Crippen molar-refractivity contribution in [3.05, 3.63) is 6.92 Å². The average molecular weight is 167 g/mol. The second-order valence-electron chi connectivity index (χ2n) is 2.62. The Hall–Kier alpha value is 1.64. The standard InChI is InChI=1S/C9H19.K.H/c1-3-5-7-9-8-6-4-2;;/h1,3-9H2,2H3;;. The molecular weight excluding hydrogens is 147 g/mol. The summed E-state index contributed by atoms with van der Waals surface area (Å²) in [5.41, 5.74) is 0. The molecule has 10 heavy (non-hydrogen) atoms. The van der Waals surface area contributed by atoms with Gasteiger partial charge in [-0.15, -0.1) is 0 Å². The summed E-state index contributed by atoms with van der Waals surface area (Å²) in [6.07, 6.45) is 9.45. The van der Waals surface area contributed by atoms with Gasteiger partial charge >= 0.3 is 51.4 Å². The fourth-order valence-electron chi connectivity index (χ4n) is 0.957. The minimum atomic E-state index is 0. The fraction of sp³-hybridized carbons (Fsp3) is 0.889. The van der Waals surface area contributed by atoms with Crippen molar-refractivity contribution in [2.75, 3.05) is 0 Å². The fourth-order valence-corrected chi connectivity index (χ4v) is 0.957. The summed E-state index contributed by atoms with van der Waals surface area (Å²) in [7, 11) is 0. The molecule has 0 aromatic carbocycles. The molecule has 0 aliphatic carbocycles. The van der Waals surface area contributed by atoms with Gasteiger partial charge in [0, 0.05) is 0 Å². The van der Waals surface area contributed by atoms with Gasteiger partial charge in [0.1, 0.15) is 0 Å². The van der Waals surface area contributed by atoms with Gasteiger partial charge in [-0.2, -0.15) is 0 Å². The third-order valence-corrected chi connectivity index (χ3v) is 1.60. The van der Waals surface area contributed by atoms with Gasteiger partial charge in [-0.25, -0.2) is 0 Å². The van der Waals surface area contributed by atoms with E-state index in [0.29, 0.717) is 0 Å². The second-order valence-corrected chi connectivity index (χ2v) is 2.62. The van der Waals surface area contributed by atoms with Crippen LogP contribution in [0.5, 0.6) is 0 Å². The average Bonchev–Trinajstić information content (AvgIpc) is 1.89. The SMILES string of the molecule is [CH2]CCCCCCCC.[KH]. The van der Waals surface area contributed by atoms with Gasteiger partial charge in [-0.3, -0.25) is 0 Å². The van der Waals surface area contributed by atoms with Gasteiger partial charge in [-0.05, 0) is 0 Å². The zero-order chi connectivity index (χ0) is 6.95. The zero-order valence-electron chi connectivity index (χ0n) is 6.66. The molecule has 0 aromatic rings. The van der Waals surface area contributed by atoms with Crippen LogP contribution in [0.4, 0.5) is 0 Å². The number of hydrogen-bond donors (Lipinski definition) is 0. The molecule has 0 heterocycles. The van der Waals surface area contributed by atoms with Gasteiger partial charge < -0.3 is 0 Å². The first kappa shape index (κ1) is 14.2. The Morgan fingerprint density at radius 2 is 1.40 bits per heavy atom. The van der Waals surface area contributed by atoms with Crippen LogP contribution in [-0.4, -0.2) is 51.4 Å². The van der Waals surface area contributed by atoms with Gasteiger partial charge in [-0.1, -0.05) is 58.8 Å². The van der Waals surface area contributed by atoms with Crippen molar-refractivity contribution in [3.8, 4) is 0 Å². The van der Waals surface area contributed by atoms with Crippen molar-refractivity contribution in [2.45, 2.75) is 51.9 Å². The Bertz CT molecular complexity index is 38.0. The van der Waals surface area contributed by atoms with E-state index in [9.17, 15) is 0 Å². The van der Waals surface area contributed by atoms with E-state index in [1.54, 1.807) is 0 Å². The van der Waals surface area contributed by atoms with Gasteiger partial charge in [0.05, 0.1) is 0 Å². The molecule has 0 saturated heterocycles. The molecule has 0 fully saturated rings. The molecule has 0 aliphatic heterocycles. The van der Waals surface area contributed by atoms with Crippen LogP contribution in [0.1, 0.15) is 51.9 Å². The van der Waals surface area contributed by atoms with Crippen LogP contribution in [-0.2, 0) is 0 Å². The summed E-state index contributed by atoms with van der Waals surface area (Å²) >= 11 is 0. The molecule has 0 saturated carbocycles. The Morgan fingerprint density at radius 3 is 1.90 bits per heavy atom. The molecule has 0 unspecified atom stereocenters. The summed E-state index contributed by atoms with van der Waals surface area (Å²) in [5.74, 6) is 0. The Kier molecular flexibility index (Phi) is 18.8. The third kappa shape index (κ3) is 12.3. The number of unbranched alkanes of at least 4 members (excludes halogenated alkanes) is 6. The summed E-state index contributed by atoms with van der Waals surface area (Å²) in [6.45, 7) is 6.05. The van der Waals surface area contributed by atoms with Crippen molar-refractivity contribution in [2.24, 2.45) is 0 Å². The van der Waals surface area contributed by atoms with Crippen molar-refractivity contribution in [3.63, 3.8) is 0 Å². The molecular formula is C9H20K. The maximum atomic E-state index is 3.80. The minimum absolute atomic E-state index is 0. The first-order valence-electron chi connectivity index (χ1n) is 4.21. The predicted octanol–water partition coefficient (Wildman–Crippen LogP) is 2.92. The van der Waals surface area contributed by atoms with E-state index in [2.05, 4.69) is 13.8 Å². The summed E-state index contributed by atoms with van der Waals surface area (Å²) in [5, 5.41) is 0. The summed E-state index contributed by atoms with van der Waals surface area (Å²) in [4.78, 5) is 0. The molecule has 0 amide bonds. The van der Waals surface area contributed by atoms with E-state index in [1.165, 1.54) is 38.5 Å². The second kappa shape index (κ2) is 13.2. The van der Waals surface area contributed by atoms with Crippen LogP contribution in [0, 0.1) is 6.92 Å². The van der Waals surface area contributed by atoms with E-state index in [4.69, 9.17) is 0 Å². The number of hydrogen-bond acceptors (Lipinski definition) is 0. The first-order chi connectivity index (χ1) is 4.41. The van der Waals surface area contributed by atoms with Crippen LogP contribution < -0.4 is 0 Å². The van der Waals surface area contributed by atoms with Crippen LogP contribution in [0.3, 0.4) is 0 Å². The quantitative estimate of drug-likeness (QED) is 0.421. The molecule has 0 aromatic heterocycles. The molecule has 1 heteroatoms. The molecule has 57 valence electrons. The zero-order valence-corrected chi connectivity index (χ0v) is 6.66. The van der Waals surface area contributed by atoms with Crippen molar-refractivity contribution < 1.29 is 0 Å². The Balaban J connectivity index is 0. The first-order valence-corrected chi connectivity index (χ1v) is 4.21. The predicted molar refractivity (Wildman–Crippen MR) is 50.5 cm³/mol. The van der Waals surface area contributed by atoms with Crippen LogP contribution in [0.2, 0.25) is 0 Å². The normalized spacial score (nSPS) is 9.00. The van der Waals surface area contributed by atoms with Crippen LogP contribution >= 0.6 is 0 Å². The molecule has 0 spiro atoms. The molecule has 0 rings (SSSR count).